The van der Waals surface area contributed by atoms with E-state index < -0.39 is 9.84 Å². The van der Waals surface area contributed by atoms with Crippen LogP contribution in [0.15, 0.2) is 0 Å². The maximum Gasteiger partial charge on any atom is 0.237 e. The van der Waals surface area contributed by atoms with Crippen LogP contribution in [0.4, 0.5) is 0 Å². The Bertz CT molecular complexity index is 425. The molecule has 22 heavy (non-hydrogen) atoms. The van der Waals surface area contributed by atoms with Crippen molar-refractivity contribution in [1.82, 2.24) is 4.90 Å². The Morgan fingerprint density at radius 2 is 1.45 bits per heavy atom. The van der Waals surface area contributed by atoms with Crippen LogP contribution in [-0.4, -0.2) is 43.3 Å². The van der Waals surface area contributed by atoms with Crippen LogP contribution in [0.25, 0.3) is 0 Å². The van der Waals surface area contributed by atoms with E-state index in [1.165, 1.54) is 0 Å². The molecule has 0 unspecified atom stereocenters. The minimum absolute atomic E-state index is 0.201. The molecule has 0 N–H and O–H groups in total. The van der Waals surface area contributed by atoms with Crippen molar-refractivity contribution in [3.8, 4) is 0 Å². The summed E-state index contributed by atoms with van der Waals surface area (Å²) in [6.45, 7) is 9.84. The van der Waals surface area contributed by atoms with Crippen LogP contribution in [0.1, 0.15) is 66.2 Å². The van der Waals surface area contributed by atoms with E-state index in [1.807, 2.05) is 0 Å². The second-order valence-electron chi connectivity index (χ2n) is 7.46. The zero-order chi connectivity index (χ0) is 16.8. The lowest BCUT2D eigenvalue weighted by molar-refractivity contribution is -0.128. The summed E-state index contributed by atoms with van der Waals surface area (Å²) in [7, 11) is -3.27. The fraction of sp³-hybridized carbons (Fsp3) is 0.941. The fourth-order valence-electron chi connectivity index (χ4n) is 2.82. The minimum Gasteiger partial charge on any atom is -0.342 e. The first kappa shape index (κ1) is 19.5. The molecule has 1 aliphatic carbocycles. The molecule has 0 radical (unpaired) electrons. The Morgan fingerprint density at radius 3 is 1.86 bits per heavy atom. The van der Waals surface area contributed by atoms with Crippen LogP contribution in [0.2, 0.25) is 0 Å². The molecule has 0 aliphatic heterocycles. The molecule has 1 aliphatic rings. The first-order chi connectivity index (χ1) is 10.2. The van der Waals surface area contributed by atoms with Gasteiger partial charge in [0.1, 0.15) is 5.75 Å². The zero-order valence-corrected chi connectivity index (χ0v) is 15.5. The second kappa shape index (κ2) is 8.90. The third-order valence-electron chi connectivity index (χ3n) is 4.44. The van der Waals surface area contributed by atoms with E-state index in [1.54, 1.807) is 4.90 Å². The predicted octanol–water partition coefficient (Wildman–Crippen LogP) is 3.26. The van der Waals surface area contributed by atoms with Crippen molar-refractivity contribution in [3.05, 3.63) is 0 Å². The van der Waals surface area contributed by atoms with Crippen molar-refractivity contribution >= 4 is 15.7 Å². The SMILES string of the molecule is CC(C)CCN(CCC(C)C)C(=O)CS(=O)(=O)C1CCCC1. The molecular weight excluding hydrogens is 298 g/mol. The van der Waals surface area contributed by atoms with Gasteiger partial charge in [0.25, 0.3) is 0 Å². The average Bonchev–Trinajstić information content (AvgIpc) is 2.91. The number of hydrogen-bond acceptors (Lipinski definition) is 3. The van der Waals surface area contributed by atoms with E-state index in [0.29, 0.717) is 24.9 Å². The molecule has 1 amide bonds. The molecule has 0 spiro atoms. The largest absolute Gasteiger partial charge is 0.342 e. The number of carbonyl (C=O) groups is 1. The summed E-state index contributed by atoms with van der Waals surface area (Å²) in [5.74, 6) is 0.531. The first-order valence-electron chi connectivity index (χ1n) is 8.71. The molecule has 5 heteroatoms. The molecular formula is C17H33NO3S. The van der Waals surface area contributed by atoms with Crippen molar-refractivity contribution < 1.29 is 13.2 Å². The van der Waals surface area contributed by atoms with E-state index in [9.17, 15) is 13.2 Å². The highest BCUT2D eigenvalue weighted by molar-refractivity contribution is 7.92. The Morgan fingerprint density at radius 1 is 1.00 bits per heavy atom. The highest BCUT2D eigenvalue weighted by atomic mass is 32.2. The van der Waals surface area contributed by atoms with Crippen molar-refractivity contribution in [2.45, 2.75) is 71.5 Å². The second-order valence-corrected chi connectivity index (χ2v) is 9.74. The van der Waals surface area contributed by atoms with Gasteiger partial charge in [-0.15, -0.1) is 0 Å². The van der Waals surface area contributed by atoms with Crippen LogP contribution in [0, 0.1) is 11.8 Å². The van der Waals surface area contributed by atoms with Gasteiger partial charge in [-0.2, -0.15) is 0 Å². The van der Waals surface area contributed by atoms with Gasteiger partial charge in [-0.1, -0.05) is 40.5 Å². The number of rotatable bonds is 9. The standard InChI is InChI=1S/C17H33NO3S/c1-14(2)9-11-18(12-10-15(3)4)17(19)13-22(20,21)16-7-5-6-8-16/h14-16H,5-13H2,1-4H3. The van der Waals surface area contributed by atoms with E-state index in [2.05, 4.69) is 27.7 Å². The van der Waals surface area contributed by atoms with Gasteiger partial charge in [0.15, 0.2) is 9.84 Å². The maximum absolute atomic E-state index is 12.5. The highest BCUT2D eigenvalue weighted by Gasteiger charge is 2.32. The van der Waals surface area contributed by atoms with Gasteiger partial charge in [0, 0.05) is 13.1 Å². The molecule has 1 rings (SSSR count). The third-order valence-corrected chi connectivity index (χ3v) is 6.58. The molecule has 4 nitrogen and oxygen atoms in total. The molecule has 0 bridgehead atoms. The fourth-order valence-corrected chi connectivity index (χ4v) is 4.63. The van der Waals surface area contributed by atoms with Gasteiger partial charge >= 0.3 is 0 Å². The van der Waals surface area contributed by atoms with Gasteiger partial charge < -0.3 is 4.90 Å². The van der Waals surface area contributed by atoms with Gasteiger partial charge in [0.2, 0.25) is 5.91 Å². The van der Waals surface area contributed by atoms with E-state index in [-0.39, 0.29) is 16.9 Å². The lowest BCUT2D eigenvalue weighted by Crippen LogP contribution is -2.39. The summed E-state index contributed by atoms with van der Waals surface area (Å²) >= 11 is 0. The Kier molecular flexibility index (Phi) is 7.87. The van der Waals surface area contributed by atoms with Crippen molar-refractivity contribution in [1.29, 1.82) is 0 Å². The lowest BCUT2D eigenvalue weighted by Gasteiger charge is -2.25. The van der Waals surface area contributed by atoms with E-state index in [4.69, 9.17) is 0 Å². The highest BCUT2D eigenvalue weighted by Crippen LogP contribution is 2.25. The molecule has 0 heterocycles. The topological polar surface area (TPSA) is 54.5 Å². The first-order valence-corrected chi connectivity index (χ1v) is 10.4. The lowest BCUT2D eigenvalue weighted by atomic mass is 10.1. The summed E-state index contributed by atoms with van der Waals surface area (Å²) in [5.41, 5.74) is 0. The predicted molar refractivity (Wildman–Crippen MR) is 91.5 cm³/mol. The summed E-state index contributed by atoms with van der Waals surface area (Å²) < 4.78 is 24.8. The van der Waals surface area contributed by atoms with Gasteiger partial charge in [-0.05, 0) is 37.5 Å². The normalized spacial score (nSPS) is 16.6. The van der Waals surface area contributed by atoms with Crippen LogP contribution in [0.5, 0.6) is 0 Å². The third kappa shape index (κ3) is 6.67. The maximum atomic E-state index is 12.5. The molecule has 0 atom stereocenters. The zero-order valence-electron chi connectivity index (χ0n) is 14.7. The molecule has 1 fully saturated rings. The average molecular weight is 332 g/mol. The minimum atomic E-state index is -3.27. The van der Waals surface area contributed by atoms with Crippen LogP contribution >= 0.6 is 0 Å². The van der Waals surface area contributed by atoms with E-state index >= 15 is 0 Å². The number of sulfone groups is 1. The summed E-state index contributed by atoms with van der Waals surface area (Å²) in [6, 6.07) is 0. The van der Waals surface area contributed by atoms with Crippen LogP contribution in [0.3, 0.4) is 0 Å². The molecule has 0 aromatic heterocycles. The van der Waals surface area contributed by atoms with Gasteiger partial charge in [0.05, 0.1) is 5.25 Å². The van der Waals surface area contributed by atoms with Gasteiger partial charge in [-0.25, -0.2) is 8.42 Å². The van der Waals surface area contributed by atoms with Crippen LogP contribution < -0.4 is 0 Å². The van der Waals surface area contributed by atoms with Crippen molar-refractivity contribution in [2.24, 2.45) is 11.8 Å². The van der Waals surface area contributed by atoms with Crippen molar-refractivity contribution in [3.63, 3.8) is 0 Å². The summed E-state index contributed by atoms with van der Waals surface area (Å²) in [6.07, 6.45) is 5.26. The quantitative estimate of drug-likeness (QED) is 0.651. The van der Waals surface area contributed by atoms with Crippen LogP contribution in [-0.2, 0) is 14.6 Å². The number of nitrogens with zero attached hydrogens (tertiary/aromatic N) is 1. The van der Waals surface area contributed by atoms with Gasteiger partial charge in [-0.3, -0.25) is 4.79 Å². The molecule has 0 aromatic rings. The Balaban J connectivity index is 2.64. The molecule has 1 saturated carbocycles. The monoisotopic (exact) mass is 331 g/mol. The number of hydrogen-bond donors (Lipinski definition) is 0. The number of carbonyl (C=O) groups excluding carboxylic acids is 1. The van der Waals surface area contributed by atoms with Crippen molar-refractivity contribution in [2.75, 3.05) is 18.8 Å². The molecule has 0 aromatic carbocycles. The van der Waals surface area contributed by atoms with E-state index in [0.717, 1.165) is 38.5 Å². The molecule has 0 saturated heterocycles. The molecule has 130 valence electrons. The number of amides is 1. The summed E-state index contributed by atoms with van der Waals surface area (Å²) in [5, 5.41) is -0.284. The smallest absolute Gasteiger partial charge is 0.237 e. The Hall–Kier alpha value is -0.580. The summed E-state index contributed by atoms with van der Waals surface area (Å²) in [4.78, 5) is 14.3. The Labute approximate surface area is 136 Å².